The highest BCUT2D eigenvalue weighted by molar-refractivity contribution is 7.99. The zero-order chi connectivity index (χ0) is 13.5. The average molecular weight is 266 g/mol. The van der Waals surface area contributed by atoms with Gasteiger partial charge >= 0.3 is 0 Å². The van der Waals surface area contributed by atoms with Gasteiger partial charge in [-0.15, -0.1) is 11.8 Å². The second-order valence-corrected chi connectivity index (χ2v) is 6.12. The molecule has 1 N–H and O–H groups in total. The van der Waals surface area contributed by atoms with Gasteiger partial charge in [0.05, 0.1) is 0 Å². The monoisotopic (exact) mass is 266 g/mol. The molecular weight excluding hydrogens is 244 g/mol. The minimum Gasteiger partial charge on any atom is -0.319 e. The Balaban J connectivity index is 2.63. The minimum atomic E-state index is 0.133. The Labute approximate surface area is 114 Å². The van der Waals surface area contributed by atoms with Crippen molar-refractivity contribution < 1.29 is 4.79 Å². The smallest absolute Gasteiger partial charge is 0.227 e. The highest BCUT2D eigenvalue weighted by Gasteiger charge is 2.10. The van der Waals surface area contributed by atoms with Crippen LogP contribution in [0.4, 0.5) is 5.69 Å². The van der Waals surface area contributed by atoms with E-state index in [9.17, 15) is 4.79 Å². The van der Waals surface area contributed by atoms with Crippen LogP contribution in [0.15, 0.2) is 29.2 Å². The molecule has 0 spiro atoms. The van der Waals surface area contributed by atoms with E-state index in [2.05, 4.69) is 31.3 Å². The van der Waals surface area contributed by atoms with Crippen LogP contribution in [0.25, 0.3) is 0 Å². The third-order valence-electron chi connectivity index (χ3n) is 2.56. The van der Waals surface area contributed by atoms with Crippen LogP contribution in [-0.4, -0.2) is 31.8 Å². The van der Waals surface area contributed by atoms with Crippen LogP contribution in [0.3, 0.4) is 0 Å². The topological polar surface area (TPSA) is 32.3 Å². The summed E-state index contributed by atoms with van der Waals surface area (Å²) < 4.78 is 0. The van der Waals surface area contributed by atoms with Gasteiger partial charge in [-0.25, -0.2) is 0 Å². The summed E-state index contributed by atoms with van der Waals surface area (Å²) in [7, 11) is 3.67. The second kappa shape index (κ2) is 7.44. The molecule has 0 aliphatic carbocycles. The first kappa shape index (κ1) is 15.1. The van der Waals surface area contributed by atoms with Gasteiger partial charge in [0.25, 0.3) is 0 Å². The van der Waals surface area contributed by atoms with E-state index in [0.717, 1.165) is 5.69 Å². The third kappa shape index (κ3) is 4.70. The number of nitrogens with one attached hydrogen (secondary N) is 1. The lowest BCUT2D eigenvalue weighted by atomic mass is 10.2. The highest BCUT2D eigenvalue weighted by Crippen LogP contribution is 2.25. The zero-order valence-corrected chi connectivity index (χ0v) is 12.4. The number of benzene rings is 1. The van der Waals surface area contributed by atoms with Crippen molar-refractivity contribution in [2.45, 2.75) is 30.4 Å². The van der Waals surface area contributed by atoms with Gasteiger partial charge in [0.1, 0.15) is 0 Å². The lowest BCUT2D eigenvalue weighted by molar-refractivity contribution is -0.118. The molecule has 0 radical (unpaired) electrons. The van der Waals surface area contributed by atoms with Gasteiger partial charge in [0.15, 0.2) is 0 Å². The maximum atomic E-state index is 11.8. The number of rotatable bonds is 6. The van der Waals surface area contributed by atoms with E-state index >= 15 is 0 Å². The van der Waals surface area contributed by atoms with E-state index in [1.165, 1.54) is 4.90 Å². The first-order chi connectivity index (χ1) is 8.54. The van der Waals surface area contributed by atoms with E-state index < -0.39 is 0 Å². The molecule has 4 heteroatoms. The largest absolute Gasteiger partial charge is 0.319 e. The SMILES string of the molecule is CNCCC(=O)N(C)c1ccc(SC(C)C)cc1. The van der Waals surface area contributed by atoms with Gasteiger partial charge in [0, 0.05) is 35.8 Å². The van der Waals surface area contributed by atoms with Crippen LogP contribution in [0.1, 0.15) is 20.3 Å². The molecule has 0 aromatic heterocycles. The molecule has 0 saturated heterocycles. The molecule has 0 bridgehead atoms. The Morgan fingerprint density at radius 1 is 1.33 bits per heavy atom. The van der Waals surface area contributed by atoms with Gasteiger partial charge in [-0.3, -0.25) is 4.79 Å². The Morgan fingerprint density at radius 2 is 1.94 bits per heavy atom. The second-order valence-electron chi connectivity index (χ2n) is 4.47. The summed E-state index contributed by atoms with van der Waals surface area (Å²) in [4.78, 5) is 14.8. The van der Waals surface area contributed by atoms with Crippen LogP contribution in [0, 0.1) is 0 Å². The van der Waals surface area contributed by atoms with Gasteiger partial charge in [-0.2, -0.15) is 0 Å². The average Bonchev–Trinajstić information content (AvgIpc) is 2.35. The van der Waals surface area contributed by atoms with E-state index in [1.54, 1.807) is 4.90 Å². The predicted molar refractivity (Wildman–Crippen MR) is 79.4 cm³/mol. The normalized spacial score (nSPS) is 10.7. The Hall–Kier alpha value is -1.00. The molecule has 0 atom stereocenters. The third-order valence-corrected chi connectivity index (χ3v) is 3.57. The quantitative estimate of drug-likeness (QED) is 0.804. The Bertz CT molecular complexity index is 376. The number of carbonyl (C=O) groups is 1. The molecule has 1 aromatic rings. The molecule has 3 nitrogen and oxygen atoms in total. The minimum absolute atomic E-state index is 0.133. The summed E-state index contributed by atoms with van der Waals surface area (Å²) in [5.41, 5.74) is 0.948. The summed E-state index contributed by atoms with van der Waals surface area (Å²) in [6.45, 7) is 5.06. The van der Waals surface area contributed by atoms with Gasteiger partial charge in [-0.1, -0.05) is 13.8 Å². The maximum Gasteiger partial charge on any atom is 0.227 e. The molecule has 1 amide bonds. The first-order valence-electron chi connectivity index (χ1n) is 6.22. The summed E-state index contributed by atoms with van der Waals surface area (Å²) >= 11 is 1.83. The molecule has 1 rings (SSSR count). The van der Waals surface area contributed by atoms with Crippen molar-refractivity contribution >= 4 is 23.4 Å². The fourth-order valence-corrected chi connectivity index (χ4v) is 2.40. The molecule has 0 fully saturated rings. The number of nitrogens with zero attached hydrogens (tertiary/aromatic N) is 1. The molecule has 18 heavy (non-hydrogen) atoms. The number of hydrogen-bond donors (Lipinski definition) is 1. The molecule has 100 valence electrons. The first-order valence-corrected chi connectivity index (χ1v) is 7.10. The highest BCUT2D eigenvalue weighted by atomic mass is 32.2. The lowest BCUT2D eigenvalue weighted by Gasteiger charge is -2.17. The maximum absolute atomic E-state index is 11.8. The van der Waals surface area contributed by atoms with Gasteiger partial charge in [0.2, 0.25) is 5.91 Å². The standard InChI is InChI=1S/C14H22N2OS/c1-11(2)18-13-7-5-12(6-8-13)16(4)14(17)9-10-15-3/h5-8,11,15H,9-10H2,1-4H3. The lowest BCUT2D eigenvalue weighted by Crippen LogP contribution is -2.28. The summed E-state index contributed by atoms with van der Waals surface area (Å²) in [6, 6.07) is 8.15. The zero-order valence-electron chi connectivity index (χ0n) is 11.6. The van der Waals surface area contributed by atoms with Gasteiger partial charge < -0.3 is 10.2 Å². The van der Waals surface area contributed by atoms with Crippen LogP contribution >= 0.6 is 11.8 Å². The van der Waals surface area contributed by atoms with E-state index in [0.29, 0.717) is 18.2 Å². The molecule has 0 aliphatic heterocycles. The summed E-state index contributed by atoms with van der Waals surface area (Å²) in [6.07, 6.45) is 0.523. The van der Waals surface area contributed by atoms with Crippen LogP contribution in [0.5, 0.6) is 0 Å². The molecule has 0 heterocycles. The molecule has 0 aliphatic rings. The van der Waals surface area contributed by atoms with Crippen LogP contribution < -0.4 is 10.2 Å². The fourth-order valence-electron chi connectivity index (χ4n) is 1.56. The van der Waals surface area contributed by atoms with Crippen molar-refractivity contribution in [2.75, 3.05) is 25.5 Å². The summed E-state index contributed by atoms with van der Waals surface area (Å²) in [5, 5.41) is 3.56. The van der Waals surface area contributed by atoms with Crippen molar-refractivity contribution in [3.63, 3.8) is 0 Å². The molecule has 0 unspecified atom stereocenters. The molecule has 0 saturated carbocycles. The number of carbonyl (C=O) groups excluding carboxylic acids is 1. The van der Waals surface area contributed by atoms with Crippen LogP contribution in [0.2, 0.25) is 0 Å². The molecular formula is C14H22N2OS. The number of thioether (sulfide) groups is 1. The molecule has 1 aromatic carbocycles. The Morgan fingerprint density at radius 3 is 2.44 bits per heavy atom. The van der Waals surface area contributed by atoms with Crippen molar-refractivity contribution in [1.82, 2.24) is 5.32 Å². The van der Waals surface area contributed by atoms with Crippen molar-refractivity contribution in [1.29, 1.82) is 0 Å². The number of hydrogen-bond acceptors (Lipinski definition) is 3. The van der Waals surface area contributed by atoms with E-state index in [1.807, 2.05) is 38.0 Å². The van der Waals surface area contributed by atoms with Crippen molar-refractivity contribution in [3.05, 3.63) is 24.3 Å². The van der Waals surface area contributed by atoms with Crippen molar-refractivity contribution in [3.8, 4) is 0 Å². The van der Waals surface area contributed by atoms with Gasteiger partial charge in [-0.05, 0) is 31.3 Å². The van der Waals surface area contributed by atoms with E-state index in [4.69, 9.17) is 0 Å². The Kier molecular flexibility index (Phi) is 6.22. The number of amides is 1. The van der Waals surface area contributed by atoms with Crippen molar-refractivity contribution in [2.24, 2.45) is 0 Å². The summed E-state index contributed by atoms with van der Waals surface area (Å²) in [5.74, 6) is 0.133. The fraction of sp³-hybridized carbons (Fsp3) is 0.500. The predicted octanol–water partition coefficient (Wildman–Crippen LogP) is 2.76. The number of anilines is 1. The van der Waals surface area contributed by atoms with E-state index in [-0.39, 0.29) is 5.91 Å². The van der Waals surface area contributed by atoms with Crippen LogP contribution in [-0.2, 0) is 4.79 Å².